The van der Waals surface area contributed by atoms with Crippen molar-refractivity contribution in [3.63, 3.8) is 0 Å². The molecule has 0 radical (unpaired) electrons. The van der Waals surface area contributed by atoms with Crippen LogP contribution in [0.2, 0.25) is 0 Å². The van der Waals surface area contributed by atoms with Gasteiger partial charge in [0.05, 0.1) is 0 Å². The Morgan fingerprint density at radius 2 is 0.750 bits per heavy atom. The van der Waals surface area contributed by atoms with Gasteiger partial charge in [0.25, 0.3) is 6.71 Å². The van der Waals surface area contributed by atoms with Crippen LogP contribution in [0.1, 0.15) is 44.4 Å². The Bertz CT molecular complexity index is 2480. The minimum atomic E-state index is -3.87. The molecule has 0 N–H and O–H groups in total. The van der Waals surface area contributed by atoms with Crippen LogP contribution in [0.25, 0.3) is 5.47 Å². The van der Waals surface area contributed by atoms with E-state index in [9.17, 15) is 13.2 Å². The first kappa shape index (κ1) is 45.1. The molecule has 5 aromatic rings. The van der Waals surface area contributed by atoms with Gasteiger partial charge in [0, 0.05) is 27.6 Å². The van der Waals surface area contributed by atoms with Crippen molar-refractivity contribution in [2.45, 2.75) is 39.8 Å². The summed E-state index contributed by atoms with van der Waals surface area (Å²) in [7, 11) is 0. The Kier molecular flexibility index (Phi) is 13.6. The minimum absolute atomic E-state index is 0.0359. The van der Waals surface area contributed by atoms with E-state index < -0.39 is 140 Å². The summed E-state index contributed by atoms with van der Waals surface area (Å²) in [4.78, 5) is 1.30. The average molecular weight is 849 g/mol. The molecule has 0 bridgehead atoms. The highest BCUT2D eigenvalue weighted by molar-refractivity contribution is 7.01. The van der Waals surface area contributed by atoms with Crippen LogP contribution in [0.3, 0.4) is 0 Å². The maximum absolute atomic E-state index is 16.4. The van der Waals surface area contributed by atoms with Crippen LogP contribution in [0.5, 0.6) is 0 Å². The number of allylic oxidation sites excluding steroid dienone is 1. The van der Waals surface area contributed by atoms with Gasteiger partial charge in [0.15, 0.2) is 81.4 Å². The number of rotatable bonds is 8. The fourth-order valence-electron chi connectivity index (χ4n) is 6.57. The minimum Gasteiger partial charge on any atom is -0.322 e. The maximum Gasteiger partial charge on any atom is 0.354 e. The van der Waals surface area contributed by atoms with Crippen molar-refractivity contribution >= 4 is 30.0 Å². The molecule has 1 nitrogen and oxygen atoms in total. The molecule has 5 rings (SSSR count). The second-order valence-corrected chi connectivity index (χ2v) is 13.5. The van der Waals surface area contributed by atoms with Crippen LogP contribution in [0.15, 0.2) is 66.1 Å². The number of hydrogen-bond acceptors (Lipinski definition) is 1. The SMILES string of the molecule is CC(C)N(B(C#Cc1ccccc1)/C(C#Cc1ccccc1)=C(/B(c1c(F)c(F)c(F)c(F)c1F)c1c(F)c(F)c(F)c(F)c1F)c1c(F)c(F)c(F)c(F)c1F)C(C)C. The fraction of sp³-hybridized carbons (Fsp3) is 0.143. The van der Waals surface area contributed by atoms with Gasteiger partial charge < -0.3 is 4.81 Å². The van der Waals surface area contributed by atoms with Gasteiger partial charge in [0.1, 0.15) is 0 Å². The monoisotopic (exact) mass is 849 g/mol. The summed E-state index contributed by atoms with van der Waals surface area (Å²) in [5.74, 6) is -33.9. The summed E-state index contributed by atoms with van der Waals surface area (Å²) >= 11 is 0. The predicted octanol–water partition coefficient (Wildman–Crippen LogP) is 9.67. The van der Waals surface area contributed by atoms with Gasteiger partial charge in [-0.1, -0.05) is 81.9 Å². The molecule has 60 heavy (non-hydrogen) atoms. The number of nitrogens with zero attached hydrogens (tertiary/aromatic N) is 1. The van der Waals surface area contributed by atoms with E-state index in [1.807, 2.05) is 0 Å². The topological polar surface area (TPSA) is 3.24 Å². The van der Waals surface area contributed by atoms with Crippen molar-refractivity contribution in [2.24, 2.45) is 0 Å². The molecule has 0 spiro atoms. The summed E-state index contributed by atoms with van der Waals surface area (Å²) < 4.78 is 233. The third kappa shape index (κ3) is 8.26. The average Bonchev–Trinajstić information content (AvgIpc) is 3.23. The molecular formula is C42H24B2F15N. The van der Waals surface area contributed by atoms with E-state index in [2.05, 4.69) is 23.6 Å². The molecule has 18 heteroatoms. The van der Waals surface area contributed by atoms with Crippen molar-refractivity contribution in [2.75, 3.05) is 0 Å². The highest BCUT2D eigenvalue weighted by atomic mass is 19.2. The molecule has 0 amide bonds. The maximum atomic E-state index is 16.4. The zero-order valence-corrected chi connectivity index (χ0v) is 31.2. The number of halogens is 15. The molecule has 0 saturated carbocycles. The largest absolute Gasteiger partial charge is 0.354 e. The van der Waals surface area contributed by atoms with E-state index in [1.165, 1.54) is 87.1 Å². The van der Waals surface area contributed by atoms with Gasteiger partial charge in [0.2, 0.25) is 5.82 Å². The van der Waals surface area contributed by atoms with Gasteiger partial charge in [-0.15, -0.1) is 5.82 Å². The van der Waals surface area contributed by atoms with Crippen molar-refractivity contribution in [1.82, 2.24) is 4.81 Å². The van der Waals surface area contributed by atoms with Crippen LogP contribution >= 0.6 is 0 Å². The number of benzene rings is 5. The zero-order chi connectivity index (χ0) is 44.5. The van der Waals surface area contributed by atoms with Crippen LogP contribution in [0, 0.1) is 111 Å². The van der Waals surface area contributed by atoms with Crippen LogP contribution in [-0.4, -0.2) is 30.5 Å². The molecule has 0 fully saturated rings. The summed E-state index contributed by atoms with van der Waals surface area (Å²) in [6.07, 6.45) is 0. The molecule has 0 aliphatic heterocycles. The van der Waals surface area contributed by atoms with E-state index in [0.717, 1.165) is 0 Å². The molecule has 0 atom stereocenters. The van der Waals surface area contributed by atoms with Gasteiger partial charge in [-0.3, -0.25) is 0 Å². The van der Waals surface area contributed by atoms with E-state index in [0.29, 0.717) is 0 Å². The summed E-state index contributed by atoms with van der Waals surface area (Å²) in [6.45, 7) is 0.0320. The Balaban J connectivity index is 2.26. The first-order valence-electron chi connectivity index (χ1n) is 17.4. The second kappa shape index (κ2) is 18.1. The fourth-order valence-corrected chi connectivity index (χ4v) is 6.57. The van der Waals surface area contributed by atoms with Gasteiger partial charge >= 0.3 is 6.85 Å². The van der Waals surface area contributed by atoms with Gasteiger partial charge in [-0.05, 0) is 47.3 Å². The lowest BCUT2D eigenvalue weighted by Crippen LogP contribution is -2.54. The molecule has 0 heterocycles. The van der Waals surface area contributed by atoms with Crippen LogP contribution in [-0.2, 0) is 0 Å². The van der Waals surface area contributed by atoms with Gasteiger partial charge in [-0.25, -0.2) is 65.9 Å². The lowest BCUT2D eigenvalue weighted by molar-refractivity contribution is 0.309. The molecule has 0 unspecified atom stereocenters. The second-order valence-electron chi connectivity index (χ2n) is 13.5. The Morgan fingerprint density at radius 3 is 1.10 bits per heavy atom. The number of hydrogen-bond donors (Lipinski definition) is 0. The summed E-state index contributed by atoms with van der Waals surface area (Å²) in [5.41, 5.74) is -10.5. The van der Waals surface area contributed by atoms with Crippen LogP contribution in [0.4, 0.5) is 65.9 Å². The lowest BCUT2D eigenvalue weighted by atomic mass is 9.31. The van der Waals surface area contributed by atoms with Crippen LogP contribution < -0.4 is 10.9 Å². The lowest BCUT2D eigenvalue weighted by Gasteiger charge is -2.35. The van der Waals surface area contributed by atoms with Crippen molar-refractivity contribution in [3.05, 3.63) is 170 Å². The van der Waals surface area contributed by atoms with E-state index in [4.69, 9.17) is 0 Å². The molecule has 0 saturated heterocycles. The van der Waals surface area contributed by atoms with E-state index in [1.54, 1.807) is 6.07 Å². The normalized spacial score (nSPS) is 11.7. The molecule has 308 valence electrons. The van der Waals surface area contributed by atoms with E-state index in [-0.39, 0.29) is 11.1 Å². The quantitative estimate of drug-likeness (QED) is 0.0495. The third-order valence-corrected chi connectivity index (χ3v) is 9.13. The third-order valence-electron chi connectivity index (χ3n) is 9.13. The first-order chi connectivity index (χ1) is 28.2. The zero-order valence-electron chi connectivity index (χ0n) is 31.2. The smallest absolute Gasteiger partial charge is 0.322 e. The molecular weight excluding hydrogens is 825 g/mol. The molecule has 0 aliphatic carbocycles. The Morgan fingerprint density at radius 1 is 0.433 bits per heavy atom. The van der Waals surface area contributed by atoms with Crippen molar-refractivity contribution in [1.29, 1.82) is 0 Å². The van der Waals surface area contributed by atoms with E-state index >= 15 is 52.7 Å². The summed E-state index contributed by atoms with van der Waals surface area (Å²) in [6, 6.07) is 12.6. The highest BCUT2D eigenvalue weighted by Crippen LogP contribution is 2.36. The Labute approximate surface area is 333 Å². The molecule has 0 aromatic heterocycles. The summed E-state index contributed by atoms with van der Waals surface area (Å²) in [5, 5.41) is 0. The standard InChI is InChI=1S/C42H24B2F15N/c1-19(2)60(20(3)4)43(18-17-22-13-9-6-10-14-22)23(16-15-21-11-7-5-8-12-21)25(24-28(45)34(51)40(57)35(52)29(24)46)44(26-30(47)36(53)41(58)37(54)31(26)48)27-32(49)38(55)42(59)39(56)33(27)50/h5-14,19-20H,1-4H3/b25-23+. The molecule has 0 aliphatic rings. The van der Waals surface area contributed by atoms with Crippen molar-refractivity contribution in [3.8, 4) is 23.6 Å². The molecule has 5 aromatic carbocycles. The predicted molar refractivity (Wildman–Crippen MR) is 195 cm³/mol. The first-order valence-corrected chi connectivity index (χ1v) is 17.4. The highest BCUT2D eigenvalue weighted by Gasteiger charge is 2.47. The Hall–Kier alpha value is -6.00. The van der Waals surface area contributed by atoms with Gasteiger partial charge in [-0.2, -0.15) is 0 Å². The van der Waals surface area contributed by atoms with Crippen molar-refractivity contribution < 1.29 is 65.9 Å².